The third-order valence-electron chi connectivity index (χ3n) is 3.93. The van der Waals surface area contributed by atoms with E-state index in [1.807, 2.05) is 43.4 Å². The number of rotatable bonds is 8. The molecule has 25 heavy (non-hydrogen) atoms. The van der Waals surface area contributed by atoms with Gasteiger partial charge < -0.3 is 10.0 Å². The average molecular weight is 340 g/mol. The molecule has 0 atom stereocenters. The smallest absolute Gasteiger partial charge is 0.305 e. The van der Waals surface area contributed by atoms with Crippen LogP contribution in [-0.4, -0.2) is 47.4 Å². The van der Waals surface area contributed by atoms with E-state index in [1.54, 1.807) is 13.1 Å². The Kier molecular flexibility index (Phi) is 6.71. The second-order valence-electron chi connectivity index (χ2n) is 6.23. The summed E-state index contributed by atoms with van der Waals surface area (Å²) in [6, 6.07) is 17.7. The molecule has 2 aromatic carbocycles. The zero-order valence-corrected chi connectivity index (χ0v) is 14.7. The molecule has 0 heterocycles. The Morgan fingerprint density at radius 1 is 0.920 bits per heavy atom. The van der Waals surface area contributed by atoms with E-state index in [4.69, 9.17) is 5.11 Å². The Balaban J connectivity index is 1.98. The summed E-state index contributed by atoms with van der Waals surface area (Å²) in [6.45, 7) is 1.76. The molecular formula is C20H24N2O3. The fourth-order valence-electron chi connectivity index (χ4n) is 2.65. The van der Waals surface area contributed by atoms with Crippen LogP contribution in [0.25, 0.3) is 0 Å². The lowest BCUT2D eigenvalue weighted by Gasteiger charge is -2.19. The minimum absolute atomic E-state index is 0.0538. The van der Waals surface area contributed by atoms with Crippen LogP contribution in [0.2, 0.25) is 0 Å². The lowest BCUT2D eigenvalue weighted by molar-refractivity contribution is -0.137. The van der Waals surface area contributed by atoms with Gasteiger partial charge >= 0.3 is 5.97 Å². The van der Waals surface area contributed by atoms with Crippen LogP contribution in [0, 0.1) is 0 Å². The molecule has 0 aliphatic carbocycles. The molecule has 0 spiro atoms. The van der Waals surface area contributed by atoms with Gasteiger partial charge in [-0.25, -0.2) is 0 Å². The van der Waals surface area contributed by atoms with Crippen molar-refractivity contribution in [3.63, 3.8) is 0 Å². The monoisotopic (exact) mass is 340 g/mol. The standard InChI is InChI=1S/C20H24N2O3/c1-21(14-16-7-4-3-5-8-16)15-17-9-6-10-18(13-17)20(25)22(2)12-11-19(23)24/h3-10,13H,11-12,14-15H2,1-2H3,(H,23,24). The number of hydrogen-bond acceptors (Lipinski definition) is 3. The van der Waals surface area contributed by atoms with Crippen molar-refractivity contribution in [1.82, 2.24) is 9.80 Å². The van der Waals surface area contributed by atoms with Crippen molar-refractivity contribution in [2.75, 3.05) is 20.6 Å². The highest BCUT2D eigenvalue weighted by atomic mass is 16.4. The van der Waals surface area contributed by atoms with Gasteiger partial charge in [-0.15, -0.1) is 0 Å². The van der Waals surface area contributed by atoms with Gasteiger partial charge in [0.15, 0.2) is 0 Å². The summed E-state index contributed by atoms with van der Waals surface area (Å²) in [5, 5.41) is 8.74. The first-order chi connectivity index (χ1) is 12.0. The van der Waals surface area contributed by atoms with Gasteiger partial charge in [0, 0.05) is 32.2 Å². The molecule has 132 valence electrons. The second kappa shape index (κ2) is 8.99. The summed E-state index contributed by atoms with van der Waals surface area (Å²) in [6.07, 6.45) is -0.0538. The summed E-state index contributed by atoms with van der Waals surface area (Å²) in [5.74, 6) is -1.07. The third kappa shape index (κ3) is 6.04. The zero-order chi connectivity index (χ0) is 18.2. The number of carbonyl (C=O) groups excluding carboxylic acids is 1. The van der Waals surface area contributed by atoms with E-state index in [9.17, 15) is 9.59 Å². The molecule has 0 fully saturated rings. The van der Waals surface area contributed by atoms with Crippen molar-refractivity contribution in [3.8, 4) is 0 Å². The second-order valence-corrected chi connectivity index (χ2v) is 6.23. The fourth-order valence-corrected chi connectivity index (χ4v) is 2.65. The van der Waals surface area contributed by atoms with Gasteiger partial charge in [-0.3, -0.25) is 14.5 Å². The molecule has 0 aromatic heterocycles. The fraction of sp³-hybridized carbons (Fsp3) is 0.300. The number of aliphatic carboxylic acids is 1. The van der Waals surface area contributed by atoms with Crippen LogP contribution in [-0.2, 0) is 17.9 Å². The first-order valence-electron chi connectivity index (χ1n) is 8.24. The van der Waals surface area contributed by atoms with Crippen LogP contribution in [0.3, 0.4) is 0 Å². The number of benzene rings is 2. The molecule has 0 radical (unpaired) electrons. The predicted molar refractivity (Wildman–Crippen MR) is 97.3 cm³/mol. The predicted octanol–water partition coefficient (Wildman–Crippen LogP) is 2.87. The Hall–Kier alpha value is -2.66. The molecular weight excluding hydrogens is 316 g/mol. The normalized spacial score (nSPS) is 10.7. The van der Waals surface area contributed by atoms with Gasteiger partial charge in [0.05, 0.1) is 6.42 Å². The molecule has 0 unspecified atom stereocenters. The van der Waals surface area contributed by atoms with E-state index < -0.39 is 5.97 Å². The Bertz CT molecular complexity index is 716. The Morgan fingerprint density at radius 3 is 2.24 bits per heavy atom. The first-order valence-corrected chi connectivity index (χ1v) is 8.24. The van der Waals surface area contributed by atoms with E-state index in [1.165, 1.54) is 10.5 Å². The lowest BCUT2D eigenvalue weighted by Crippen LogP contribution is -2.29. The quantitative estimate of drug-likeness (QED) is 0.803. The summed E-state index contributed by atoms with van der Waals surface area (Å²) in [7, 11) is 3.67. The average Bonchev–Trinajstić information content (AvgIpc) is 2.60. The molecule has 2 aromatic rings. The number of nitrogens with zero attached hydrogens (tertiary/aromatic N) is 2. The van der Waals surface area contributed by atoms with Crippen molar-refractivity contribution in [2.24, 2.45) is 0 Å². The van der Waals surface area contributed by atoms with Crippen LogP contribution in [0.1, 0.15) is 27.9 Å². The molecule has 2 rings (SSSR count). The molecule has 5 nitrogen and oxygen atoms in total. The maximum atomic E-state index is 12.4. The van der Waals surface area contributed by atoms with Gasteiger partial charge in [0.1, 0.15) is 0 Å². The maximum Gasteiger partial charge on any atom is 0.305 e. The third-order valence-corrected chi connectivity index (χ3v) is 3.93. The van der Waals surface area contributed by atoms with Crippen molar-refractivity contribution >= 4 is 11.9 Å². The molecule has 1 amide bonds. The molecule has 0 aliphatic rings. The van der Waals surface area contributed by atoms with Crippen molar-refractivity contribution in [1.29, 1.82) is 0 Å². The van der Waals surface area contributed by atoms with Gasteiger partial charge in [-0.2, -0.15) is 0 Å². The molecule has 5 heteroatoms. The van der Waals surface area contributed by atoms with E-state index in [-0.39, 0.29) is 18.9 Å². The summed E-state index contributed by atoms with van der Waals surface area (Å²) in [5.41, 5.74) is 2.88. The van der Waals surface area contributed by atoms with Crippen molar-refractivity contribution < 1.29 is 14.7 Å². The van der Waals surface area contributed by atoms with Crippen molar-refractivity contribution in [3.05, 3.63) is 71.3 Å². The Labute approximate surface area is 148 Å². The number of carboxylic acid groups (broad SMARTS) is 1. The van der Waals surface area contributed by atoms with Gasteiger partial charge in [-0.1, -0.05) is 42.5 Å². The van der Waals surface area contributed by atoms with Crippen molar-refractivity contribution in [2.45, 2.75) is 19.5 Å². The largest absolute Gasteiger partial charge is 0.481 e. The van der Waals surface area contributed by atoms with Crippen LogP contribution < -0.4 is 0 Å². The van der Waals surface area contributed by atoms with Gasteiger partial charge in [0.25, 0.3) is 5.91 Å². The number of amides is 1. The van der Waals surface area contributed by atoms with Crippen LogP contribution >= 0.6 is 0 Å². The van der Waals surface area contributed by atoms with Crippen LogP contribution in [0.4, 0.5) is 0 Å². The summed E-state index contributed by atoms with van der Waals surface area (Å²) < 4.78 is 0. The van der Waals surface area contributed by atoms with E-state index in [0.29, 0.717) is 5.56 Å². The molecule has 0 saturated carbocycles. The van der Waals surface area contributed by atoms with Gasteiger partial charge in [-0.05, 0) is 30.3 Å². The number of hydrogen-bond donors (Lipinski definition) is 1. The molecule has 0 bridgehead atoms. The zero-order valence-electron chi connectivity index (χ0n) is 14.7. The summed E-state index contributed by atoms with van der Waals surface area (Å²) in [4.78, 5) is 26.7. The molecule has 0 saturated heterocycles. The minimum Gasteiger partial charge on any atom is -0.481 e. The van der Waals surface area contributed by atoms with E-state index in [0.717, 1.165) is 18.7 Å². The Morgan fingerprint density at radius 2 is 1.56 bits per heavy atom. The van der Waals surface area contributed by atoms with E-state index >= 15 is 0 Å². The SMILES string of the molecule is CN(Cc1ccccc1)Cc1cccc(C(=O)N(C)CCC(=O)O)c1. The first kappa shape index (κ1) is 18.7. The van der Waals surface area contributed by atoms with Crippen LogP contribution in [0.15, 0.2) is 54.6 Å². The highest BCUT2D eigenvalue weighted by Gasteiger charge is 2.13. The van der Waals surface area contributed by atoms with Gasteiger partial charge in [0.2, 0.25) is 0 Å². The highest BCUT2D eigenvalue weighted by Crippen LogP contribution is 2.12. The lowest BCUT2D eigenvalue weighted by atomic mass is 10.1. The van der Waals surface area contributed by atoms with E-state index in [2.05, 4.69) is 17.0 Å². The topological polar surface area (TPSA) is 60.9 Å². The summed E-state index contributed by atoms with van der Waals surface area (Å²) >= 11 is 0. The number of carbonyl (C=O) groups is 2. The molecule has 0 aliphatic heterocycles. The number of carboxylic acids is 1. The maximum absolute atomic E-state index is 12.4. The highest BCUT2D eigenvalue weighted by molar-refractivity contribution is 5.94. The molecule has 1 N–H and O–H groups in total. The van der Waals surface area contributed by atoms with Crippen LogP contribution in [0.5, 0.6) is 0 Å². The minimum atomic E-state index is -0.907.